The van der Waals surface area contributed by atoms with Gasteiger partial charge in [-0.25, -0.2) is 4.98 Å². The first-order valence-electron chi connectivity index (χ1n) is 23.7. The van der Waals surface area contributed by atoms with Crippen LogP contribution in [0.15, 0.2) is 170 Å². The molecule has 318 valence electrons. The number of benzene rings is 9. The third-order valence-corrected chi connectivity index (χ3v) is 15.3. The number of aromatic nitrogens is 4. The molecule has 0 saturated carbocycles. The molecule has 15 aromatic rings. The van der Waals surface area contributed by atoms with Gasteiger partial charge in [-0.2, -0.15) is 0 Å². The normalized spacial score (nSPS) is 13.2. The highest BCUT2D eigenvalue weighted by atomic mass is 15.0. The highest BCUT2D eigenvalue weighted by Crippen LogP contribution is 2.50. The second-order valence-electron chi connectivity index (χ2n) is 21.2. The molecule has 0 amide bonds. The Bertz CT molecular complexity index is 4620. The summed E-state index contributed by atoms with van der Waals surface area (Å²) >= 11 is 0. The zero-order valence-electron chi connectivity index (χ0n) is 38.5. The molecule has 0 N–H and O–H groups in total. The molecule has 0 atom stereocenters. The van der Waals surface area contributed by atoms with E-state index < -0.39 is 0 Å². The smallest absolute Gasteiger partial charge is 0.146 e. The van der Waals surface area contributed by atoms with Crippen LogP contribution >= 0.6 is 0 Å². The molecular formula is C63H46N4. The molecule has 0 aliphatic heterocycles. The van der Waals surface area contributed by atoms with Crippen LogP contribution in [0, 0.1) is 0 Å². The molecule has 4 nitrogen and oxygen atoms in total. The number of fused-ring (bicyclic) bond motifs is 18. The monoisotopic (exact) mass is 858 g/mol. The lowest BCUT2D eigenvalue weighted by Crippen LogP contribution is -2.10. The Balaban J connectivity index is 1.14. The quantitative estimate of drug-likeness (QED) is 0.170. The summed E-state index contributed by atoms with van der Waals surface area (Å²) in [4.78, 5) is 5.93. The molecule has 0 saturated heterocycles. The molecule has 0 spiro atoms. The topological polar surface area (TPSA) is 26.6 Å². The SMILES string of the molecule is CC(C)(C)c1ccc2c(c1)c1cc3ccccc3c3c4cc5c(nc4n2c13)c1cc(C(C)(C)C)cc2c3cc4ccccc4c(-c4ccc6c(c4)c4ccccc4n6-c4ccccc4)c3n5c21. The van der Waals surface area contributed by atoms with Gasteiger partial charge >= 0.3 is 0 Å². The van der Waals surface area contributed by atoms with Gasteiger partial charge in [0.25, 0.3) is 0 Å². The van der Waals surface area contributed by atoms with Crippen LogP contribution < -0.4 is 0 Å². The maximum Gasteiger partial charge on any atom is 0.146 e. The lowest BCUT2D eigenvalue weighted by Gasteiger charge is -2.19. The Labute approximate surface area is 386 Å². The first kappa shape index (κ1) is 37.3. The maximum atomic E-state index is 5.93. The molecule has 0 unspecified atom stereocenters. The van der Waals surface area contributed by atoms with E-state index in [1.165, 1.54) is 125 Å². The molecule has 9 aromatic carbocycles. The molecule has 6 aromatic heterocycles. The van der Waals surface area contributed by atoms with Crippen LogP contribution in [0.1, 0.15) is 52.7 Å². The van der Waals surface area contributed by atoms with Crippen LogP contribution in [0.2, 0.25) is 0 Å². The summed E-state index contributed by atoms with van der Waals surface area (Å²) in [5, 5.41) is 16.3. The van der Waals surface area contributed by atoms with Crippen molar-refractivity contribution in [2.75, 3.05) is 0 Å². The predicted molar refractivity (Wildman–Crippen MR) is 286 cm³/mol. The predicted octanol–water partition coefficient (Wildman–Crippen LogP) is 17.0. The van der Waals surface area contributed by atoms with Crippen molar-refractivity contribution in [3.8, 4) is 16.8 Å². The van der Waals surface area contributed by atoms with Crippen molar-refractivity contribution in [3.05, 3.63) is 181 Å². The highest BCUT2D eigenvalue weighted by Gasteiger charge is 2.29. The summed E-state index contributed by atoms with van der Waals surface area (Å²) in [6, 6.07) is 64.1. The van der Waals surface area contributed by atoms with E-state index in [9.17, 15) is 0 Å². The largest absolute Gasteiger partial charge is 0.309 e. The minimum atomic E-state index is -0.0843. The fourth-order valence-corrected chi connectivity index (χ4v) is 12.1. The molecule has 0 bridgehead atoms. The van der Waals surface area contributed by atoms with Gasteiger partial charge in [-0.3, -0.25) is 4.40 Å². The lowest BCUT2D eigenvalue weighted by atomic mass is 9.85. The average molecular weight is 859 g/mol. The van der Waals surface area contributed by atoms with Crippen molar-refractivity contribution in [2.24, 2.45) is 0 Å². The summed E-state index contributed by atoms with van der Waals surface area (Å²) in [7, 11) is 0. The van der Waals surface area contributed by atoms with E-state index >= 15 is 0 Å². The van der Waals surface area contributed by atoms with Crippen molar-refractivity contribution in [1.29, 1.82) is 0 Å². The number of nitrogens with zero attached hydrogens (tertiary/aromatic N) is 4. The lowest BCUT2D eigenvalue weighted by molar-refractivity contribution is 0.591. The van der Waals surface area contributed by atoms with Crippen LogP contribution in [-0.2, 0) is 10.8 Å². The van der Waals surface area contributed by atoms with Crippen LogP contribution in [0.5, 0.6) is 0 Å². The average Bonchev–Trinajstić information content (AvgIpc) is 4.12. The summed E-state index contributed by atoms with van der Waals surface area (Å²) in [5.41, 5.74) is 16.8. The van der Waals surface area contributed by atoms with E-state index in [2.05, 4.69) is 225 Å². The molecule has 0 aliphatic carbocycles. The molecule has 67 heavy (non-hydrogen) atoms. The second-order valence-corrected chi connectivity index (χ2v) is 21.2. The van der Waals surface area contributed by atoms with Gasteiger partial charge < -0.3 is 8.97 Å². The van der Waals surface area contributed by atoms with Gasteiger partial charge in [0.2, 0.25) is 0 Å². The summed E-state index contributed by atoms with van der Waals surface area (Å²) in [5.74, 6) is 0. The van der Waals surface area contributed by atoms with Gasteiger partial charge in [0, 0.05) is 59.7 Å². The molecule has 0 aliphatic rings. The Morgan fingerprint density at radius 1 is 0.373 bits per heavy atom. The number of pyridine rings is 1. The minimum absolute atomic E-state index is 0.0278. The van der Waals surface area contributed by atoms with Crippen LogP contribution in [0.4, 0.5) is 0 Å². The highest BCUT2D eigenvalue weighted by molar-refractivity contribution is 6.34. The Morgan fingerprint density at radius 2 is 0.970 bits per heavy atom. The molecular weight excluding hydrogens is 813 g/mol. The fourth-order valence-electron chi connectivity index (χ4n) is 12.1. The van der Waals surface area contributed by atoms with E-state index in [0.717, 1.165) is 22.4 Å². The zero-order valence-corrected chi connectivity index (χ0v) is 38.5. The van der Waals surface area contributed by atoms with Crippen molar-refractivity contribution in [2.45, 2.75) is 52.4 Å². The summed E-state index contributed by atoms with van der Waals surface area (Å²) < 4.78 is 7.48. The number of para-hydroxylation sites is 2. The molecule has 0 fully saturated rings. The molecule has 0 radical (unpaired) electrons. The third kappa shape index (κ3) is 4.79. The summed E-state index contributed by atoms with van der Waals surface area (Å²) in [6.45, 7) is 13.9. The van der Waals surface area contributed by atoms with E-state index in [4.69, 9.17) is 4.98 Å². The molecule has 4 heteroatoms. The van der Waals surface area contributed by atoms with E-state index in [-0.39, 0.29) is 10.8 Å². The van der Waals surface area contributed by atoms with E-state index in [1.807, 2.05) is 0 Å². The van der Waals surface area contributed by atoms with E-state index in [1.54, 1.807) is 0 Å². The van der Waals surface area contributed by atoms with Crippen molar-refractivity contribution >= 4 is 120 Å². The van der Waals surface area contributed by atoms with Crippen molar-refractivity contribution in [1.82, 2.24) is 18.4 Å². The molecule has 15 rings (SSSR count). The molecule has 6 heterocycles. The minimum Gasteiger partial charge on any atom is -0.309 e. The number of hydrogen-bond acceptors (Lipinski definition) is 1. The van der Waals surface area contributed by atoms with Gasteiger partial charge in [-0.1, -0.05) is 139 Å². The fraction of sp³-hybridized carbons (Fsp3) is 0.127. The second kappa shape index (κ2) is 12.5. The Morgan fingerprint density at radius 3 is 1.75 bits per heavy atom. The number of rotatable bonds is 2. The maximum absolute atomic E-state index is 5.93. The van der Waals surface area contributed by atoms with Crippen LogP contribution in [0.3, 0.4) is 0 Å². The van der Waals surface area contributed by atoms with Crippen LogP contribution in [0.25, 0.3) is 137 Å². The zero-order chi connectivity index (χ0) is 44.8. The summed E-state index contributed by atoms with van der Waals surface area (Å²) in [6.07, 6.45) is 0. The van der Waals surface area contributed by atoms with Gasteiger partial charge in [0.15, 0.2) is 0 Å². The van der Waals surface area contributed by atoms with Gasteiger partial charge in [-0.15, -0.1) is 0 Å². The van der Waals surface area contributed by atoms with Crippen molar-refractivity contribution in [3.63, 3.8) is 0 Å². The van der Waals surface area contributed by atoms with Crippen LogP contribution in [-0.4, -0.2) is 18.4 Å². The first-order chi connectivity index (χ1) is 32.5. The van der Waals surface area contributed by atoms with Gasteiger partial charge in [-0.05, 0) is 122 Å². The van der Waals surface area contributed by atoms with Crippen molar-refractivity contribution < 1.29 is 0 Å². The van der Waals surface area contributed by atoms with E-state index in [0.29, 0.717) is 0 Å². The third-order valence-electron chi connectivity index (χ3n) is 15.3. The Kier molecular flexibility index (Phi) is 6.94. The Hall–Kier alpha value is -7.95. The first-order valence-corrected chi connectivity index (χ1v) is 23.7. The van der Waals surface area contributed by atoms with Gasteiger partial charge in [0.1, 0.15) is 5.65 Å². The van der Waals surface area contributed by atoms with Gasteiger partial charge in [0.05, 0.1) is 44.1 Å². The number of hydrogen-bond donors (Lipinski definition) is 0. The standard InChI is InChI=1S/C63H46N4/c1-62(2,3)38-25-27-53-45(31-38)46-28-36-17-11-13-21-42(36)56-49-34-54-57(64-61(49)67(53)60(46)56)50-33-39(63(4,5)6)32-48-47-29-35-16-10-12-20-41(35)55(59(47)66(54)58(48)50)37-24-26-52-44(30-37)43-22-14-15-23-51(43)65(52)40-18-8-7-9-19-40/h7-34H,1-6H3.